The fraction of sp³-hybridized carbons (Fsp3) is 0.185. The molecule has 1 aromatic heterocycles. The number of hydrogen-bond acceptors (Lipinski definition) is 3. The Morgan fingerprint density at radius 3 is 2.48 bits per heavy atom. The van der Waals surface area contributed by atoms with E-state index < -0.39 is 5.97 Å². The molecule has 4 rings (SSSR count). The molecule has 168 valence electrons. The zero-order chi connectivity index (χ0) is 23.2. The molecule has 4 aromatic rings. The van der Waals surface area contributed by atoms with Gasteiger partial charge in [0.05, 0.1) is 30.1 Å². The standard InChI is InChI=1S/C27H25ClN2O3/c1-2-3-15-33-26-14-11-21(27(31)32)16-23(26)24-17-25(20-9-12-22(28)13-10-20)30(29-24)18-19-7-5-4-6-8-19/h4-14,16-17H,2-3,15,18H2,1H3,(H,31,32). The molecule has 1 heterocycles. The highest BCUT2D eigenvalue weighted by Crippen LogP contribution is 2.34. The summed E-state index contributed by atoms with van der Waals surface area (Å²) in [5, 5.41) is 15.1. The number of aromatic carboxylic acids is 1. The SMILES string of the molecule is CCCCOc1ccc(C(=O)O)cc1-c1cc(-c2ccc(Cl)cc2)n(Cc2ccccc2)n1. The molecule has 5 nitrogen and oxygen atoms in total. The van der Waals surface area contributed by atoms with Crippen LogP contribution in [0, 0.1) is 0 Å². The van der Waals surface area contributed by atoms with E-state index in [4.69, 9.17) is 21.4 Å². The van der Waals surface area contributed by atoms with E-state index in [1.807, 2.05) is 53.2 Å². The maximum Gasteiger partial charge on any atom is 0.335 e. The molecule has 33 heavy (non-hydrogen) atoms. The molecule has 0 atom stereocenters. The Kier molecular flexibility index (Phi) is 7.10. The minimum absolute atomic E-state index is 0.193. The number of carboxylic acids is 1. The van der Waals surface area contributed by atoms with Crippen LogP contribution >= 0.6 is 11.6 Å². The summed E-state index contributed by atoms with van der Waals surface area (Å²) in [5.41, 5.74) is 4.50. The first kappa shape index (κ1) is 22.6. The lowest BCUT2D eigenvalue weighted by Crippen LogP contribution is -2.04. The summed E-state index contributed by atoms with van der Waals surface area (Å²) < 4.78 is 7.92. The summed E-state index contributed by atoms with van der Waals surface area (Å²) >= 11 is 6.10. The maximum atomic E-state index is 11.6. The molecule has 0 radical (unpaired) electrons. The number of nitrogens with zero attached hydrogens (tertiary/aromatic N) is 2. The Morgan fingerprint density at radius 2 is 1.79 bits per heavy atom. The highest BCUT2D eigenvalue weighted by molar-refractivity contribution is 6.30. The first-order valence-corrected chi connectivity index (χ1v) is 11.3. The van der Waals surface area contributed by atoms with Gasteiger partial charge in [0.15, 0.2) is 0 Å². The average molecular weight is 461 g/mol. The van der Waals surface area contributed by atoms with Gasteiger partial charge in [-0.1, -0.05) is 67.4 Å². The van der Waals surface area contributed by atoms with Crippen molar-refractivity contribution in [3.63, 3.8) is 0 Å². The van der Waals surface area contributed by atoms with Gasteiger partial charge in [0, 0.05) is 10.6 Å². The van der Waals surface area contributed by atoms with E-state index in [0.29, 0.717) is 35.2 Å². The van der Waals surface area contributed by atoms with Crippen molar-refractivity contribution in [3.05, 3.63) is 95.0 Å². The van der Waals surface area contributed by atoms with Gasteiger partial charge in [0.2, 0.25) is 0 Å². The van der Waals surface area contributed by atoms with E-state index >= 15 is 0 Å². The summed E-state index contributed by atoms with van der Waals surface area (Å²) in [4.78, 5) is 11.6. The molecule has 6 heteroatoms. The molecule has 0 aliphatic heterocycles. The zero-order valence-electron chi connectivity index (χ0n) is 18.4. The monoisotopic (exact) mass is 460 g/mol. The third-order valence-electron chi connectivity index (χ3n) is 5.35. The van der Waals surface area contributed by atoms with Gasteiger partial charge in [0.1, 0.15) is 5.75 Å². The van der Waals surface area contributed by atoms with E-state index in [-0.39, 0.29) is 5.56 Å². The van der Waals surface area contributed by atoms with Crippen LogP contribution in [0.5, 0.6) is 5.75 Å². The molecule has 0 amide bonds. The van der Waals surface area contributed by atoms with Gasteiger partial charge in [-0.25, -0.2) is 4.79 Å². The lowest BCUT2D eigenvalue weighted by molar-refractivity contribution is 0.0697. The predicted octanol–water partition coefficient (Wildman–Crippen LogP) is 6.80. The largest absolute Gasteiger partial charge is 0.493 e. The van der Waals surface area contributed by atoms with Crippen LogP contribution in [0.2, 0.25) is 5.02 Å². The number of carboxylic acid groups (broad SMARTS) is 1. The molecule has 0 aliphatic carbocycles. The molecule has 0 saturated heterocycles. The third-order valence-corrected chi connectivity index (χ3v) is 5.61. The fourth-order valence-electron chi connectivity index (χ4n) is 3.59. The van der Waals surface area contributed by atoms with E-state index in [0.717, 1.165) is 29.7 Å². The summed E-state index contributed by atoms with van der Waals surface area (Å²) in [6.45, 7) is 3.23. The van der Waals surface area contributed by atoms with Crippen molar-refractivity contribution in [3.8, 4) is 28.3 Å². The molecular weight excluding hydrogens is 436 g/mol. The Bertz CT molecular complexity index is 1230. The first-order valence-electron chi connectivity index (χ1n) is 10.9. The second kappa shape index (κ2) is 10.4. The summed E-state index contributed by atoms with van der Waals surface area (Å²) in [6, 6.07) is 24.6. The van der Waals surface area contributed by atoms with Crippen molar-refractivity contribution in [2.45, 2.75) is 26.3 Å². The highest BCUT2D eigenvalue weighted by Gasteiger charge is 2.17. The van der Waals surface area contributed by atoms with Gasteiger partial charge >= 0.3 is 5.97 Å². The van der Waals surface area contributed by atoms with Crippen LogP contribution < -0.4 is 4.74 Å². The molecule has 0 spiro atoms. The number of carbonyl (C=O) groups is 1. The van der Waals surface area contributed by atoms with Crippen molar-refractivity contribution in [1.29, 1.82) is 0 Å². The predicted molar refractivity (Wildman–Crippen MR) is 131 cm³/mol. The van der Waals surface area contributed by atoms with E-state index in [1.54, 1.807) is 18.2 Å². The Balaban J connectivity index is 1.82. The van der Waals surface area contributed by atoms with Crippen molar-refractivity contribution in [2.75, 3.05) is 6.61 Å². The lowest BCUT2D eigenvalue weighted by Gasteiger charge is -2.11. The Hall–Kier alpha value is -3.57. The molecule has 3 aromatic carbocycles. The molecule has 0 bridgehead atoms. The number of rotatable bonds is 9. The molecule has 0 saturated carbocycles. The molecule has 0 aliphatic rings. The highest BCUT2D eigenvalue weighted by atomic mass is 35.5. The minimum Gasteiger partial charge on any atom is -0.493 e. The van der Waals surface area contributed by atoms with Gasteiger partial charge in [-0.2, -0.15) is 5.10 Å². The van der Waals surface area contributed by atoms with E-state index in [2.05, 4.69) is 19.1 Å². The van der Waals surface area contributed by atoms with Gasteiger partial charge in [0.25, 0.3) is 0 Å². The van der Waals surface area contributed by atoms with Gasteiger partial charge < -0.3 is 9.84 Å². The number of aromatic nitrogens is 2. The van der Waals surface area contributed by atoms with Gasteiger partial charge in [-0.05, 0) is 53.9 Å². The van der Waals surface area contributed by atoms with E-state index in [9.17, 15) is 9.90 Å². The number of unbranched alkanes of at least 4 members (excludes halogenated alkanes) is 1. The van der Waals surface area contributed by atoms with Crippen LogP contribution in [-0.2, 0) is 6.54 Å². The van der Waals surface area contributed by atoms with Crippen LogP contribution in [0.1, 0.15) is 35.7 Å². The van der Waals surface area contributed by atoms with Crippen molar-refractivity contribution in [2.24, 2.45) is 0 Å². The van der Waals surface area contributed by atoms with Crippen LogP contribution in [0.3, 0.4) is 0 Å². The van der Waals surface area contributed by atoms with Crippen molar-refractivity contribution in [1.82, 2.24) is 9.78 Å². The number of hydrogen-bond donors (Lipinski definition) is 1. The summed E-state index contributed by atoms with van der Waals surface area (Å²) in [5.74, 6) is -0.363. The van der Waals surface area contributed by atoms with Crippen molar-refractivity contribution >= 4 is 17.6 Å². The van der Waals surface area contributed by atoms with Crippen LogP contribution in [0.25, 0.3) is 22.5 Å². The Labute approximate surface area is 198 Å². The van der Waals surface area contributed by atoms with Crippen LogP contribution in [0.15, 0.2) is 78.9 Å². The quantitative estimate of drug-likeness (QED) is 0.279. The normalized spacial score (nSPS) is 10.8. The average Bonchev–Trinajstić information content (AvgIpc) is 3.24. The number of benzene rings is 3. The molecule has 0 fully saturated rings. The zero-order valence-corrected chi connectivity index (χ0v) is 19.1. The maximum absolute atomic E-state index is 11.6. The number of halogens is 1. The molecule has 1 N–H and O–H groups in total. The fourth-order valence-corrected chi connectivity index (χ4v) is 3.72. The Morgan fingerprint density at radius 1 is 1.03 bits per heavy atom. The van der Waals surface area contributed by atoms with Gasteiger partial charge in [-0.3, -0.25) is 4.68 Å². The van der Waals surface area contributed by atoms with E-state index in [1.165, 1.54) is 0 Å². The second-order valence-electron chi connectivity index (χ2n) is 7.78. The van der Waals surface area contributed by atoms with Crippen LogP contribution in [0.4, 0.5) is 0 Å². The van der Waals surface area contributed by atoms with Gasteiger partial charge in [-0.15, -0.1) is 0 Å². The second-order valence-corrected chi connectivity index (χ2v) is 8.22. The summed E-state index contributed by atoms with van der Waals surface area (Å²) in [7, 11) is 0. The topological polar surface area (TPSA) is 64.3 Å². The van der Waals surface area contributed by atoms with Crippen LogP contribution in [-0.4, -0.2) is 27.5 Å². The van der Waals surface area contributed by atoms with Crippen molar-refractivity contribution < 1.29 is 14.6 Å². The smallest absolute Gasteiger partial charge is 0.335 e. The first-order chi connectivity index (χ1) is 16.0. The molecule has 0 unspecified atom stereocenters. The minimum atomic E-state index is -0.988. The molecular formula is C27H25ClN2O3. The lowest BCUT2D eigenvalue weighted by atomic mass is 10.1. The summed E-state index contributed by atoms with van der Waals surface area (Å²) in [6.07, 6.45) is 1.92. The number of ether oxygens (including phenoxy) is 1. The third kappa shape index (κ3) is 5.44.